The van der Waals surface area contributed by atoms with Crippen LogP contribution >= 0.6 is 0 Å². The first-order valence-electron chi connectivity index (χ1n) is 15.7. The van der Waals surface area contributed by atoms with Gasteiger partial charge in [-0.2, -0.15) is 0 Å². The highest BCUT2D eigenvalue weighted by atomic mass is 16.6. The van der Waals surface area contributed by atoms with Crippen molar-refractivity contribution in [3.63, 3.8) is 0 Å². The molecule has 0 bridgehead atoms. The van der Waals surface area contributed by atoms with Crippen molar-refractivity contribution in [2.75, 3.05) is 46.0 Å². The Bertz CT molecular complexity index is 1160. The van der Waals surface area contributed by atoms with Gasteiger partial charge in [0.15, 0.2) is 0 Å². The number of hydrogen-bond acceptors (Lipinski definition) is 9. The van der Waals surface area contributed by atoms with Gasteiger partial charge < -0.3 is 33.9 Å². The number of esters is 1. The fourth-order valence-corrected chi connectivity index (χ4v) is 4.83. The third kappa shape index (κ3) is 13.7. The second-order valence-electron chi connectivity index (χ2n) is 11.1. The summed E-state index contributed by atoms with van der Waals surface area (Å²) in [7, 11) is 0. The van der Waals surface area contributed by atoms with Crippen LogP contribution in [-0.2, 0) is 41.8 Å². The number of carbonyl (C=O) groups excluding carboxylic acids is 4. The summed E-state index contributed by atoms with van der Waals surface area (Å²) in [6.07, 6.45) is 3.36. The van der Waals surface area contributed by atoms with Crippen molar-refractivity contribution in [3.05, 3.63) is 71.8 Å². The summed E-state index contributed by atoms with van der Waals surface area (Å²) < 4.78 is 20.3. The van der Waals surface area contributed by atoms with Crippen LogP contribution in [0.5, 0.6) is 0 Å². The van der Waals surface area contributed by atoms with Gasteiger partial charge in [-0.3, -0.25) is 9.59 Å². The number of ketones is 1. The topological polar surface area (TPSA) is 132 Å². The van der Waals surface area contributed by atoms with Crippen molar-refractivity contribution >= 4 is 23.9 Å². The van der Waals surface area contributed by atoms with Crippen LogP contribution in [0.15, 0.2) is 60.7 Å². The SMILES string of the molecule is C1CCOC1.CCOC(=O)CC1(O)CCN(C(=O)OCc2ccccc2)CC1.O=C1CCN(C(=O)OCc2ccccc2)CC1. The minimum Gasteiger partial charge on any atom is -0.466 e. The monoisotopic (exact) mass is 626 g/mol. The van der Waals surface area contributed by atoms with Crippen LogP contribution in [0.4, 0.5) is 9.59 Å². The lowest BCUT2D eigenvalue weighted by Crippen LogP contribution is -2.47. The van der Waals surface area contributed by atoms with E-state index in [9.17, 15) is 24.3 Å². The molecule has 3 fully saturated rings. The molecule has 0 unspecified atom stereocenters. The predicted molar refractivity (Wildman–Crippen MR) is 166 cm³/mol. The third-order valence-corrected chi connectivity index (χ3v) is 7.55. The molecule has 2 amide bonds. The van der Waals surface area contributed by atoms with Crippen LogP contribution < -0.4 is 0 Å². The maximum atomic E-state index is 12.0. The minimum absolute atomic E-state index is 0.0340. The number of carbonyl (C=O) groups is 4. The van der Waals surface area contributed by atoms with Gasteiger partial charge in [-0.25, -0.2) is 9.59 Å². The molecule has 0 radical (unpaired) electrons. The smallest absolute Gasteiger partial charge is 0.410 e. The fourth-order valence-electron chi connectivity index (χ4n) is 4.83. The molecule has 2 aromatic carbocycles. The van der Waals surface area contributed by atoms with Crippen molar-refractivity contribution in [3.8, 4) is 0 Å². The van der Waals surface area contributed by atoms with Crippen molar-refractivity contribution in [1.29, 1.82) is 0 Å². The summed E-state index contributed by atoms with van der Waals surface area (Å²) in [4.78, 5) is 49.4. The number of nitrogens with zero attached hydrogens (tertiary/aromatic N) is 2. The average molecular weight is 627 g/mol. The maximum Gasteiger partial charge on any atom is 0.410 e. The van der Waals surface area contributed by atoms with E-state index in [0.717, 1.165) is 24.3 Å². The number of piperidine rings is 2. The van der Waals surface area contributed by atoms with Gasteiger partial charge in [-0.15, -0.1) is 0 Å². The molecule has 0 atom stereocenters. The molecule has 3 aliphatic heterocycles. The Morgan fingerprint density at radius 3 is 1.64 bits per heavy atom. The summed E-state index contributed by atoms with van der Waals surface area (Å²) in [6.45, 7) is 6.22. The first-order valence-corrected chi connectivity index (χ1v) is 15.7. The van der Waals surface area contributed by atoms with Gasteiger partial charge in [-0.1, -0.05) is 60.7 Å². The van der Waals surface area contributed by atoms with Crippen LogP contribution in [0.2, 0.25) is 0 Å². The van der Waals surface area contributed by atoms with Crippen LogP contribution in [0.25, 0.3) is 0 Å². The number of amides is 2. The zero-order valence-electron chi connectivity index (χ0n) is 26.2. The standard InChI is InChI=1S/C17H23NO5.C13H15NO3.C4H8O/c1-2-22-15(19)12-17(21)8-10-18(11-9-17)16(20)23-13-14-6-4-3-5-7-14;15-12-6-8-14(9-7-12)13(16)17-10-11-4-2-1-3-5-11;1-2-4-5-3-1/h3-7,21H,2,8-13H2,1H3;1-5H,6-10H2;1-4H2. The Labute approximate surface area is 265 Å². The molecule has 3 saturated heterocycles. The Kier molecular flexibility index (Phi) is 15.3. The van der Waals surface area contributed by atoms with E-state index in [1.807, 2.05) is 60.7 Å². The highest BCUT2D eigenvalue weighted by Gasteiger charge is 2.36. The summed E-state index contributed by atoms with van der Waals surface area (Å²) in [5, 5.41) is 10.4. The van der Waals surface area contributed by atoms with Gasteiger partial charge in [0.2, 0.25) is 0 Å². The Balaban J connectivity index is 0.000000218. The maximum absolute atomic E-state index is 12.0. The lowest BCUT2D eigenvalue weighted by molar-refractivity contribution is -0.150. The van der Waals surface area contributed by atoms with Crippen LogP contribution in [0.1, 0.15) is 63.0 Å². The molecule has 2 aromatic rings. The van der Waals surface area contributed by atoms with Crippen molar-refractivity contribution < 1.29 is 43.2 Å². The van der Waals surface area contributed by atoms with Crippen molar-refractivity contribution in [1.82, 2.24) is 9.80 Å². The number of aliphatic hydroxyl groups is 1. The van der Waals surface area contributed by atoms with Crippen LogP contribution in [0.3, 0.4) is 0 Å². The van der Waals surface area contributed by atoms with Gasteiger partial charge in [0.05, 0.1) is 18.6 Å². The van der Waals surface area contributed by atoms with E-state index in [1.165, 1.54) is 12.8 Å². The van der Waals surface area contributed by atoms with Crippen molar-refractivity contribution in [2.45, 2.75) is 70.7 Å². The molecule has 45 heavy (non-hydrogen) atoms. The number of likely N-dealkylation sites (tertiary alicyclic amines) is 2. The summed E-state index contributed by atoms with van der Waals surface area (Å²) in [6, 6.07) is 19.0. The number of benzene rings is 2. The molecule has 0 spiro atoms. The average Bonchev–Trinajstić information content (AvgIpc) is 3.65. The van der Waals surface area contributed by atoms with Crippen molar-refractivity contribution in [2.24, 2.45) is 0 Å². The zero-order chi connectivity index (χ0) is 32.3. The first-order chi connectivity index (χ1) is 21.8. The van der Waals surface area contributed by atoms with Crippen LogP contribution in [-0.4, -0.2) is 90.4 Å². The van der Waals surface area contributed by atoms with Gasteiger partial charge in [0.25, 0.3) is 0 Å². The highest BCUT2D eigenvalue weighted by molar-refractivity contribution is 5.81. The lowest BCUT2D eigenvalue weighted by atomic mass is 9.88. The molecule has 11 nitrogen and oxygen atoms in total. The number of hydrogen-bond donors (Lipinski definition) is 1. The van der Waals surface area contributed by atoms with Gasteiger partial charge in [0.1, 0.15) is 19.0 Å². The van der Waals surface area contributed by atoms with E-state index in [-0.39, 0.29) is 31.5 Å². The summed E-state index contributed by atoms with van der Waals surface area (Å²) in [5.41, 5.74) is 0.799. The second kappa shape index (κ2) is 19.4. The molecule has 3 aliphatic rings. The number of ether oxygens (including phenoxy) is 4. The largest absolute Gasteiger partial charge is 0.466 e. The van der Waals surface area contributed by atoms with E-state index in [1.54, 1.807) is 16.7 Å². The molecule has 0 aromatic heterocycles. The molecule has 0 saturated carbocycles. The summed E-state index contributed by atoms with van der Waals surface area (Å²) in [5.74, 6) is -0.188. The normalized spacial score (nSPS) is 17.2. The van der Waals surface area contributed by atoms with Gasteiger partial charge >= 0.3 is 18.2 Å². The molecule has 0 aliphatic carbocycles. The quantitative estimate of drug-likeness (QED) is 0.337. The predicted octanol–water partition coefficient (Wildman–Crippen LogP) is 4.89. The molecule has 1 N–H and O–H groups in total. The molecule has 11 heteroatoms. The highest BCUT2D eigenvalue weighted by Crippen LogP contribution is 2.26. The Morgan fingerprint density at radius 2 is 1.22 bits per heavy atom. The van der Waals surface area contributed by atoms with E-state index in [4.69, 9.17) is 18.9 Å². The fraction of sp³-hybridized carbons (Fsp3) is 0.529. The van der Waals surface area contributed by atoms with E-state index in [2.05, 4.69) is 0 Å². The number of Topliss-reactive ketones (excluding diaryl/α,β-unsaturated/α-hetero) is 1. The first kappa shape index (κ1) is 35.5. The minimum atomic E-state index is -1.09. The third-order valence-electron chi connectivity index (χ3n) is 7.55. The van der Waals surface area contributed by atoms with Gasteiger partial charge in [-0.05, 0) is 43.7 Å². The molecule has 246 valence electrons. The van der Waals surface area contributed by atoms with Gasteiger partial charge in [0, 0.05) is 52.2 Å². The lowest BCUT2D eigenvalue weighted by Gasteiger charge is -2.37. The Hall–Kier alpha value is -3.96. The molecular formula is C34H46N2O9. The zero-order valence-corrected chi connectivity index (χ0v) is 26.2. The number of rotatable bonds is 7. The van der Waals surface area contributed by atoms with E-state index < -0.39 is 17.7 Å². The van der Waals surface area contributed by atoms with E-state index in [0.29, 0.717) is 58.5 Å². The summed E-state index contributed by atoms with van der Waals surface area (Å²) >= 11 is 0. The molecular weight excluding hydrogens is 580 g/mol. The molecule has 3 heterocycles. The Morgan fingerprint density at radius 1 is 0.756 bits per heavy atom. The second-order valence-corrected chi connectivity index (χ2v) is 11.1. The molecule has 5 rings (SSSR count). The van der Waals surface area contributed by atoms with Crippen LogP contribution in [0, 0.1) is 0 Å². The van der Waals surface area contributed by atoms with E-state index >= 15 is 0 Å².